The molecule has 1 saturated heterocycles. The zero-order chi connectivity index (χ0) is 14.8. The van der Waals surface area contributed by atoms with E-state index in [1.54, 1.807) is 0 Å². The van der Waals surface area contributed by atoms with Crippen LogP contribution in [0.25, 0.3) is 0 Å². The zero-order valence-corrected chi connectivity index (χ0v) is 12.4. The highest BCUT2D eigenvalue weighted by molar-refractivity contribution is 7.89. The lowest BCUT2D eigenvalue weighted by Gasteiger charge is -2.22. The fourth-order valence-electron chi connectivity index (χ4n) is 2.02. The molecule has 1 aliphatic rings. The first-order valence-electron chi connectivity index (χ1n) is 6.15. The van der Waals surface area contributed by atoms with Crippen LogP contribution in [0, 0.1) is 0 Å². The Labute approximate surface area is 120 Å². The number of benzene rings is 1. The van der Waals surface area contributed by atoms with Crippen LogP contribution >= 0.6 is 0 Å². The molecule has 1 aromatic rings. The smallest absolute Gasteiger partial charge is 0.251 e. The van der Waals surface area contributed by atoms with Crippen molar-refractivity contribution >= 4 is 26.7 Å². The quantitative estimate of drug-likeness (QED) is 0.817. The Hall–Kier alpha value is -1.25. The van der Waals surface area contributed by atoms with E-state index in [-0.39, 0.29) is 22.4 Å². The largest absolute Gasteiger partial charge is 0.349 e. The molecule has 0 aliphatic carbocycles. The molecule has 1 fully saturated rings. The molecule has 1 heterocycles. The Bertz CT molecular complexity index is 633. The molecule has 8 heteroatoms. The van der Waals surface area contributed by atoms with Gasteiger partial charge in [0.25, 0.3) is 5.91 Å². The predicted molar refractivity (Wildman–Crippen MR) is 76.2 cm³/mol. The summed E-state index contributed by atoms with van der Waals surface area (Å²) in [6, 6.07) is 5.59. The van der Waals surface area contributed by atoms with Gasteiger partial charge in [0.1, 0.15) is 0 Å². The SMILES string of the molecule is NS(=O)(=O)c1cccc(C(=O)NC2CCS(=O)CC2)c1. The third-order valence-corrected chi connectivity index (χ3v) is 5.44. The third-order valence-electron chi connectivity index (χ3n) is 3.15. The molecular formula is C12H16N2O4S2. The maximum absolute atomic E-state index is 12.1. The summed E-state index contributed by atoms with van der Waals surface area (Å²) in [6.07, 6.45) is 1.35. The van der Waals surface area contributed by atoms with Crippen molar-refractivity contribution in [3.05, 3.63) is 29.8 Å². The number of nitrogens with one attached hydrogen (secondary N) is 1. The first-order chi connectivity index (χ1) is 9.36. The van der Waals surface area contributed by atoms with Crippen molar-refractivity contribution in [3.63, 3.8) is 0 Å². The third kappa shape index (κ3) is 3.87. The average molecular weight is 316 g/mol. The lowest BCUT2D eigenvalue weighted by Crippen LogP contribution is -2.39. The van der Waals surface area contributed by atoms with Gasteiger partial charge in [-0.05, 0) is 31.0 Å². The van der Waals surface area contributed by atoms with Gasteiger partial charge in [-0.2, -0.15) is 0 Å². The Morgan fingerprint density at radius 3 is 2.55 bits per heavy atom. The van der Waals surface area contributed by atoms with Crippen LogP contribution < -0.4 is 10.5 Å². The van der Waals surface area contributed by atoms with E-state index in [0.29, 0.717) is 24.3 Å². The zero-order valence-electron chi connectivity index (χ0n) is 10.7. The fraction of sp³-hybridized carbons (Fsp3) is 0.417. The molecule has 0 spiro atoms. The highest BCUT2D eigenvalue weighted by Gasteiger charge is 2.20. The molecule has 0 bridgehead atoms. The van der Waals surface area contributed by atoms with E-state index in [1.165, 1.54) is 24.3 Å². The molecule has 6 nitrogen and oxygen atoms in total. The van der Waals surface area contributed by atoms with Gasteiger partial charge in [0, 0.05) is 33.9 Å². The van der Waals surface area contributed by atoms with Gasteiger partial charge >= 0.3 is 0 Å². The number of sulfonamides is 1. The van der Waals surface area contributed by atoms with Gasteiger partial charge in [0.15, 0.2) is 0 Å². The van der Waals surface area contributed by atoms with E-state index in [4.69, 9.17) is 5.14 Å². The van der Waals surface area contributed by atoms with E-state index in [9.17, 15) is 17.4 Å². The molecule has 20 heavy (non-hydrogen) atoms. The molecule has 3 N–H and O–H groups in total. The van der Waals surface area contributed by atoms with Crippen LogP contribution in [0.4, 0.5) is 0 Å². The van der Waals surface area contributed by atoms with Gasteiger partial charge in [-0.25, -0.2) is 13.6 Å². The number of primary sulfonamides is 1. The maximum atomic E-state index is 12.1. The van der Waals surface area contributed by atoms with Crippen molar-refractivity contribution < 1.29 is 17.4 Å². The molecule has 0 unspecified atom stereocenters. The van der Waals surface area contributed by atoms with E-state index in [0.717, 1.165) is 0 Å². The number of rotatable bonds is 3. The van der Waals surface area contributed by atoms with Crippen molar-refractivity contribution in [3.8, 4) is 0 Å². The Balaban J connectivity index is 2.08. The summed E-state index contributed by atoms with van der Waals surface area (Å²) in [5.41, 5.74) is 0.253. The summed E-state index contributed by atoms with van der Waals surface area (Å²) >= 11 is 0. The lowest BCUT2D eigenvalue weighted by molar-refractivity contribution is 0.0934. The molecule has 0 radical (unpaired) electrons. The number of carbonyl (C=O) groups is 1. The van der Waals surface area contributed by atoms with Crippen molar-refractivity contribution in [2.75, 3.05) is 11.5 Å². The number of amides is 1. The first-order valence-corrected chi connectivity index (χ1v) is 9.18. The van der Waals surface area contributed by atoms with Crippen molar-refractivity contribution in [2.45, 2.75) is 23.8 Å². The summed E-state index contributed by atoms with van der Waals surface area (Å²) in [4.78, 5) is 12.0. The van der Waals surface area contributed by atoms with Gasteiger partial charge in [-0.3, -0.25) is 9.00 Å². The van der Waals surface area contributed by atoms with Crippen molar-refractivity contribution in [1.82, 2.24) is 5.32 Å². The van der Waals surface area contributed by atoms with Crippen LogP contribution in [0.1, 0.15) is 23.2 Å². The highest BCUT2D eigenvalue weighted by Crippen LogP contribution is 2.13. The molecule has 0 saturated carbocycles. The topological polar surface area (TPSA) is 106 Å². The Morgan fingerprint density at radius 1 is 1.30 bits per heavy atom. The monoisotopic (exact) mass is 316 g/mol. The predicted octanol–water partition coefficient (Wildman–Crippen LogP) is -0.0251. The van der Waals surface area contributed by atoms with E-state index in [1.807, 2.05) is 0 Å². The van der Waals surface area contributed by atoms with Crippen LogP contribution in [0.2, 0.25) is 0 Å². The average Bonchev–Trinajstić information content (AvgIpc) is 2.40. The molecule has 0 aromatic heterocycles. The molecule has 1 aliphatic heterocycles. The second kappa shape index (κ2) is 6.02. The van der Waals surface area contributed by atoms with E-state index < -0.39 is 20.8 Å². The standard InChI is InChI=1S/C12H16N2O4S2/c13-20(17,18)11-3-1-2-9(8-11)12(15)14-10-4-6-19(16)7-5-10/h1-3,8,10H,4-7H2,(H,14,15)(H2,13,17,18). The van der Waals surface area contributed by atoms with Crippen LogP contribution in [0.15, 0.2) is 29.2 Å². The van der Waals surface area contributed by atoms with Gasteiger partial charge in [-0.1, -0.05) is 6.07 Å². The molecule has 2 rings (SSSR count). The molecule has 1 aromatic carbocycles. The molecule has 0 atom stereocenters. The van der Waals surface area contributed by atoms with Gasteiger partial charge < -0.3 is 5.32 Å². The van der Waals surface area contributed by atoms with Crippen LogP contribution in [0.5, 0.6) is 0 Å². The number of carbonyl (C=O) groups excluding carboxylic acids is 1. The van der Waals surface area contributed by atoms with E-state index >= 15 is 0 Å². The minimum absolute atomic E-state index is 0.0154. The molecule has 1 amide bonds. The Morgan fingerprint density at radius 2 is 1.95 bits per heavy atom. The second-order valence-corrected chi connectivity index (χ2v) is 7.93. The normalized spacial score (nSPS) is 23.2. The van der Waals surface area contributed by atoms with Gasteiger partial charge in [0.2, 0.25) is 10.0 Å². The van der Waals surface area contributed by atoms with Crippen LogP contribution in [-0.4, -0.2) is 36.1 Å². The van der Waals surface area contributed by atoms with Crippen LogP contribution in [0.3, 0.4) is 0 Å². The highest BCUT2D eigenvalue weighted by atomic mass is 32.2. The maximum Gasteiger partial charge on any atom is 0.251 e. The second-order valence-electron chi connectivity index (χ2n) is 4.67. The van der Waals surface area contributed by atoms with Crippen LogP contribution in [-0.2, 0) is 20.8 Å². The minimum Gasteiger partial charge on any atom is -0.349 e. The Kier molecular flexibility index (Phi) is 4.56. The summed E-state index contributed by atoms with van der Waals surface area (Å²) in [6.45, 7) is 0. The summed E-state index contributed by atoms with van der Waals surface area (Å²) in [7, 11) is -4.60. The first kappa shape index (κ1) is 15.1. The molecular weight excluding hydrogens is 300 g/mol. The van der Waals surface area contributed by atoms with Gasteiger partial charge in [0.05, 0.1) is 4.90 Å². The minimum atomic E-state index is -3.82. The van der Waals surface area contributed by atoms with E-state index in [2.05, 4.69) is 5.32 Å². The number of hydrogen-bond acceptors (Lipinski definition) is 4. The number of nitrogens with two attached hydrogens (primary N) is 1. The summed E-state index contributed by atoms with van der Waals surface area (Å²) in [5.74, 6) is 0.831. The lowest BCUT2D eigenvalue weighted by atomic mass is 10.1. The van der Waals surface area contributed by atoms with Gasteiger partial charge in [-0.15, -0.1) is 0 Å². The summed E-state index contributed by atoms with van der Waals surface area (Å²) < 4.78 is 33.7. The number of hydrogen-bond donors (Lipinski definition) is 2. The summed E-state index contributed by atoms with van der Waals surface area (Å²) in [5, 5.41) is 7.86. The van der Waals surface area contributed by atoms with Crippen molar-refractivity contribution in [1.29, 1.82) is 0 Å². The fourth-order valence-corrected chi connectivity index (χ4v) is 3.88. The van der Waals surface area contributed by atoms with Crippen molar-refractivity contribution in [2.24, 2.45) is 5.14 Å². The molecule has 110 valence electrons.